The summed E-state index contributed by atoms with van der Waals surface area (Å²) in [6.45, 7) is 0. The van der Waals surface area contributed by atoms with Crippen LogP contribution < -0.4 is 5.32 Å². The van der Waals surface area contributed by atoms with E-state index in [-0.39, 0.29) is 12.0 Å². The van der Waals surface area contributed by atoms with Gasteiger partial charge in [-0.15, -0.1) is 0 Å². The summed E-state index contributed by atoms with van der Waals surface area (Å²) >= 11 is 5.97. The lowest BCUT2D eigenvalue weighted by Gasteiger charge is -2.16. The number of rotatable bonds is 3. The Bertz CT molecular complexity index is 659. The molecule has 0 amide bonds. The zero-order chi connectivity index (χ0) is 14.8. The number of fused-ring (bicyclic) bond motifs is 1. The molecule has 0 heterocycles. The maximum atomic E-state index is 11.9. The molecule has 108 valence electrons. The van der Waals surface area contributed by atoms with Crippen LogP contribution in [0.15, 0.2) is 42.5 Å². The molecular formula is C17H16ClNO2. The van der Waals surface area contributed by atoms with Crippen molar-refractivity contribution in [1.82, 2.24) is 0 Å². The quantitative estimate of drug-likeness (QED) is 0.878. The summed E-state index contributed by atoms with van der Waals surface area (Å²) in [6, 6.07) is 14.0. The second-order valence-electron chi connectivity index (χ2n) is 5.20. The zero-order valence-electron chi connectivity index (χ0n) is 11.7. The fourth-order valence-corrected chi connectivity index (χ4v) is 2.97. The van der Waals surface area contributed by atoms with Crippen molar-refractivity contribution >= 4 is 23.3 Å². The fraction of sp³-hybridized carbons (Fsp3) is 0.235. The first-order chi connectivity index (χ1) is 10.2. The molecule has 0 radical (unpaired) electrons. The lowest BCUT2D eigenvalue weighted by atomic mass is 10.1. The van der Waals surface area contributed by atoms with Crippen LogP contribution in [0.2, 0.25) is 5.02 Å². The monoisotopic (exact) mass is 301 g/mol. The summed E-state index contributed by atoms with van der Waals surface area (Å²) in [5.74, 6) is -0.379. The van der Waals surface area contributed by atoms with Crippen LogP contribution in [0.1, 0.15) is 21.5 Å². The molecule has 0 spiro atoms. The predicted octanol–water partition coefficient (Wildman–Crippen LogP) is 3.71. The molecular weight excluding hydrogens is 286 g/mol. The molecule has 2 aromatic rings. The summed E-state index contributed by atoms with van der Waals surface area (Å²) in [5.41, 5.74) is 3.97. The molecule has 1 N–H and O–H groups in total. The van der Waals surface area contributed by atoms with Crippen molar-refractivity contribution in [2.75, 3.05) is 12.4 Å². The second kappa shape index (κ2) is 5.78. The Morgan fingerprint density at radius 1 is 1.19 bits per heavy atom. The maximum absolute atomic E-state index is 11.9. The predicted molar refractivity (Wildman–Crippen MR) is 84.1 cm³/mol. The Morgan fingerprint density at radius 3 is 2.48 bits per heavy atom. The highest BCUT2D eigenvalue weighted by Gasteiger charge is 2.22. The third kappa shape index (κ3) is 2.88. The van der Waals surface area contributed by atoms with E-state index >= 15 is 0 Å². The Kier molecular flexibility index (Phi) is 3.84. The van der Waals surface area contributed by atoms with Gasteiger partial charge in [0.2, 0.25) is 0 Å². The molecule has 1 aliphatic carbocycles. The number of carbonyl (C=O) groups is 1. The van der Waals surface area contributed by atoms with E-state index in [2.05, 4.69) is 29.6 Å². The number of carbonyl (C=O) groups excluding carboxylic acids is 1. The lowest BCUT2D eigenvalue weighted by molar-refractivity contribution is 0.0602. The number of ether oxygens (including phenoxy) is 1. The number of methoxy groups -OCH3 is 1. The first-order valence-corrected chi connectivity index (χ1v) is 7.26. The van der Waals surface area contributed by atoms with Crippen LogP contribution >= 0.6 is 11.6 Å². The van der Waals surface area contributed by atoms with Gasteiger partial charge in [0.1, 0.15) is 0 Å². The van der Waals surface area contributed by atoms with Crippen LogP contribution in [0, 0.1) is 0 Å². The van der Waals surface area contributed by atoms with Crippen LogP contribution in [0.3, 0.4) is 0 Å². The third-order valence-electron chi connectivity index (χ3n) is 3.80. The molecule has 3 rings (SSSR count). The van der Waals surface area contributed by atoms with Crippen molar-refractivity contribution in [2.45, 2.75) is 18.9 Å². The van der Waals surface area contributed by atoms with E-state index in [0.29, 0.717) is 10.6 Å². The Labute approximate surface area is 128 Å². The Hall–Kier alpha value is -2.00. The number of hydrogen-bond donors (Lipinski definition) is 1. The molecule has 0 atom stereocenters. The minimum Gasteiger partial charge on any atom is -0.465 e. The van der Waals surface area contributed by atoms with Gasteiger partial charge < -0.3 is 10.1 Å². The highest BCUT2D eigenvalue weighted by molar-refractivity contribution is 6.31. The standard InChI is InChI=1S/C17H16ClNO2/c1-21-17(20)15-10-13(18)6-7-16(15)19-14-8-11-4-2-3-5-12(11)9-14/h2-7,10,14,19H,8-9H2,1H3. The molecule has 0 aliphatic heterocycles. The van der Waals surface area contributed by atoms with E-state index in [0.717, 1.165) is 18.5 Å². The van der Waals surface area contributed by atoms with Crippen LogP contribution in [-0.4, -0.2) is 19.1 Å². The molecule has 3 nitrogen and oxygen atoms in total. The highest BCUT2D eigenvalue weighted by Crippen LogP contribution is 2.27. The molecule has 2 aromatic carbocycles. The van der Waals surface area contributed by atoms with Gasteiger partial charge >= 0.3 is 5.97 Å². The summed E-state index contributed by atoms with van der Waals surface area (Å²) in [7, 11) is 1.37. The van der Waals surface area contributed by atoms with E-state index in [4.69, 9.17) is 16.3 Å². The highest BCUT2D eigenvalue weighted by atomic mass is 35.5. The van der Waals surface area contributed by atoms with Crippen molar-refractivity contribution in [3.63, 3.8) is 0 Å². The minimum atomic E-state index is -0.379. The van der Waals surface area contributed by atoms with E-state index in [1.54, 1.807) is 12.1 Å². The van der Waals surface area contributed by atoms with Crippen molar-refractivity contribution in [1.29, 1.82) is 0 Å². The molecule has 0 bridgehead atoms. The molecule has 0 unspecified atom stereocenters. The first kappa shape index (κ1) is 14.0. The van der Waals surface area contributed by atoms with Gasteiger partial charge in [-0.1, -0.05) is 35.9 Å². The van der Waals surface area contributed by atoms with Crippen molar-refractivity contribution in [3.05, 3.63) is 64.2 Å². The number of anilines is 1. The van der Waals surface area contributed by atoms with Crippen LogP contribution in [0.5, 0.6) is 0 Å². The molecule has 0 aromatic heterocycles. The van der Waals surface area contributed by atoms with Gasteiger partial charge in [-0.2, -0.15) is 0 Å². The number of benzene rings is 2. The third-order valence-corrected chi connectivity index (χ3v) is 4.03. The topological polar surface area (TPSA) is 38.3 Å². The van der Waals surface area contributed by atoms with Crippen LogP contribution in [0.4, 0.5) is 5.69 Å². The summed E-state index contributed by atoms with van der Waals surface area (Å²) in [5, 5.41) is 3.96. The fourth-order valence-electron chi connectivity index (χ4n) is 2.80. The van der Waals surface area contributed by atoms with Crippen LogP contribution in [0.25, 0.3) is 0 Å². The average molecular weight is 302 g/mol. The lowest BCUT2D eigenvalue weighted by Crippen LogP contribution is -2.21. The normalized spacial score (nSPS) is 13.8. The van der Waals surface area contributed by atoms with Gasteiger partial charge in [0.25, 0.3) is 0 Å². The Morgan fingerprint density at radius 2 is 1.86 bits per heavy atom. The van der Waals surface area contributed by atoms with Crippen molar-refractivity contribution in [3.8, 4) is 0 Å². The molecule has 0 saturated carbocycles. The summed E-state index contributed by atoms with van der Waals surface area (Å²) in [6.07, 6.45) is 1.92. The van der Waals surface area contributed by atoms with E-state index in [9.17, 15) is 4.79 Å². The smallest absolute Gasteiger partial charge is 0.340 e. The second-order valence-corrected chi connectivity index (χ2v) is 5.64. The van der Waals surface area contributed by atoms with Gasteiger partial charge in [0.15, 0.2) is 0 Å². The summed E-state index contributed by atoms with van der Waals surface area (Å²) < 4.78 is 4.82. The molecule has 0 fully saturated rings. The maximum Gasteiger partial charge on any atom is 0.340 e. The van der Waals surface area contributed by atoms with Gasteiger partial charge in [0, 0.05) is 16.8 Å². The molecule has 4 heteroatoms. The molecule has 1 aliphatic rings. The number of nitrogens with one attached hydrogen (secondary N) is 1. The molecule has 21 heavy (non-hydrogen) atoms. The number of halogens is 1. The number of hydrogen-bond acceptors (Lipinski definition) is 3. The van der Waals surface area contributed by atoms with Crippen molar-refractivity contribution in [2.24, 2.45) is 0 Å². The van der Waals surface area contributed by atoms with E-state index in [1.165, 1.54) is 18.2 Å². The van der Waals surface area contributed by atoms with Gasteiger partial charge in [0.05, 0.1) is 12.7 Å². The summed E-state index contributed by atoms with van der Waals surface area (Å²) in [4.78, 5) is 11.9. The zero-order valence-corrected chi connectivity index (χ0v) is 12.5. The van der Waals surface area contributed by atoms with E-state index < -0.39 is 0 Å². The van der Waals surface area contributed by atoms with Crippen LogP contribution in [-0.2, 0) is 17.6 Å². The van der Waals surface area contributed by atoms with Gasteiger partial charge in [-0.3, -0.25) is 0 Å². The van der Waals surface area contributed by atoms with E-state index in [1.807, 2.05) is 6.07 Å². The SMILES string of the molecule is COC(=O)c1cc(Cl)ccc1NC1Cc2ccccc2C1. The van der Waals surface area contributed by atoms with Gasteiger partial charge in [-0.05, 0) is 42.2 Å². The molecule has 0 saturated heterocycles. The average Bonchev–Trinajstić information content (AvgIpc) is 2.90. The first-order valence-electron chi connectivity index (χ1n) is 6.88. The minimum absolute atomic E-state index is 0.284. The van der Waals surface area contributed by atoms with Gasteiger partial charge in [-0.25, -0.2) is 4.79 Å². The Balaban J connectivity index is 1.82. The largest absolute Gasteiger partial charge is 0.465 e. The van der Waals surface area contributed by atoms with Crippen molar-refractivity contribution < 1.29 is 9.53 Å². The number of esters is 1.